The topological polar surface area (TPSA) is 32.3 Å². The van der Waals surface area contributed by atoms with Gasteiger partial charge in [-0.2, -0.15) is 0 Å². The predicted molar refractivity (Wildman–Crippen MR) is 41.4 cm³/mol. The summed E-state index contributed by atoms with van der Waals surface area (Å²) < 4.78 is 5.23. The third-order valence-corrected chi connectivity index (χ3v) is 4.36. The van der Waals surface area contributed by atoms with Crippen molar-refractivity contribution in [3.8, 4) is 0 Å². The quantitative estimate of drug-likeness (QED) is 0.429. The molecule has 0 aromatic rings. The first-order valence-corrected chi connectivity index (χ1v) is 6.88. The largest absolute Gasteiger partial charge is 1.00 e. The van der Waals surface area contributed by atoms with Crippen LogP contribution in [0.2, 0.25) is 13.1 Å². The summed E-state index contributed by atoms with van der Waals surface area (Å²) in [4.78, 5) is 0. The van der Waals surface area contributed by atoms with Crippen LogP contribution in [0.4, 0.5) is 0 Å². The van der Waals surface area contributed by atoms with E-state index in [9.17, 15) is 5.11 Å². The maximum atomic E-state index is 11.7. The Hall–Kier alpha value is 1.77. The van der Waals surface area contributed by atoms with Crippen molar-refractivity contribution in [2.75, 3.05) is 6.61 Å². The number of rotatable bonds is 1. The summed E-state index contributed by atoms with van der Waals surface area (Å²) >= 11 is 0. The van der Waals surface area contributed by atoms with Crippen LogP contribution >= 0.6 is 0 Å². The zero-order valence-corrected chi connectivity index (χ0v) is 12.0. The van der Waals surface area contributed by atoms with Crippen molar-refractivity contribution in [2.24, 2.45) is 0 Å². The fourth-order valence-corrected chi connectivity index (χ4v) is 2.48. The molecule has 0 radical (unpaired) electrons. The van der Waals surface area contributed by atoms with Crippen LogP contribution in [0.15, 0.2) is 0 Å². The summed E-state index contributed by atoms with van der Waals surface area (Å²) in [7, 11) is -1.14. The minimum Gasteiger partial charge on any atom is -0.831 e. The molecule has 1 saturated heterocycles. The van der Waals surface area contributed by atoms with Gasteiger partial charge in [-0.1, -0.05) is 19.5 Å². The molecule has 4 heteroatoms. The first-order valence-electron chi connectivity index (χ1n) is 3.99. The normalized spacial score (nSPS) is 31.6. The van der Waals surface area contributed by atoms with Gasteiger partial charge in [0, 0.05) is 15.4 Å². The summed E-state index contributed by atoms with van der Waals surface area (Å²) in [5, 5.41) is 11.7. The van der Waals surface area contributed by atoms with Crippen molar-refractivity contribution in [3.05, 3.63) is 0 Å². The van der Waals surface area contributed by atoms with E-state index in [1.165, 1.54) is 0 Å². The van der Waals surface area contributed by atoms with Gasteiger partial charge in [0.15, 0.2) is 0 Å². The molecule has 0 bridgehead atoms. The van der Waals surface area contributed by atoms with E-state index in [2.05, 4.69) is 13.1 Å². The molecule has 1 atom stereocenters. The minimum absolute atomic E-state index is 0. The van der Waals surface area contributed by atoms with Gasteiger partial charge in [-0.3, -0.25) is 0 Å². The molecule has 0 amide bonds. The van der Waals surface area contributed by atoms with Gasteiger partial charge in [0.2, 0.25) is 0 Å². The van der Waals surface area contributed by atoms with Gasteiger partial charge in [0.1, 0.15) is 0 Å². The van der Waals surface area contributed by atoms with Crippen molar-refractivity contribution >= 4 is 8.80 Å². The average Bonchev–Trinajstić information content (AvgIpc) is 1.89. The molecule has 1 aliphatic heterocycles. The second kappa shape index (κ2) is 5.49. The molecule has 1 rings (SSSR count). The Kier molecular flexibility index (Phi) is 6.38. The fraction of sp³-hybridized carbons (Fsp3) is 1.00. The smallest absolute Gasteiger partial charge is 0.831 e. The van der Waals surface area contributed by atoms with E-state index in [0.717, 1.165) is 19.3 Å². The summed E-state index contributed by atoms with van der Waals surface area (Å²) in [5.74, 6) is 0. The maximum absolute atomic E-state index is 11.7. The Balaban J connectivity index is 0.000001000. The SMILES string of the molecule is C[SiH](C)C1([O-])CCCCO1.[K+]. The van der Waals surface area contributed by atoms with Crippen LogP contribution in [0, 0.1) is 0 Å². The molecule has 1 fully saturated rings. The number of hydrogen-bond acceptors (Lipinski definition) is 2. The van der Waals surface area contributed by atoms with Crippen molar-refractivity contribution in [1.82, 2.24) is 0 Å². The van der Waals surface area contributed by atoms with Gasteiger partial charge in [0.05, 0.1) is 0 Å². The number of hydrogen-bond donors (Lipinski definition) is 0. The van der Waals surface area contributed by atoms with E-state index < -0.39 is 14.2 Å². The molecule has 1 heterocycles. The predicted octanol–water partition coefficient (Wildman–Crippen LogP) is -2.73. The van der Waals surface area contributed by atoms with E-state index in [4.69, 9.17) is 4.74 Å². The second-order valence-electron chi connectivity index (χ2n) is 3.27. The van der Waals surface area contributed by atoms with Gasteiger partial charge in [-0.15, -0.1) is 0 Å². The van der Waals surface area contributed by atoms with Gasteiger partial charge in [-0.25, -0.2) is 0 Å². The van der Waals surface area contributed by atoms with E-state index in [1.807, 2.05) is 0 Å². The summed E-state index contributed by atoms with van der Waals surface area (Å²) in [6.07, 6.45) is 2.89. The first kappa shape index (κ1) is 12.8. The Morgan fingerprint density at radius 1 is 1.36 bits per heavy atom. The van der Waals surface area contributed by atoms with Gasteiger partial charge < -0.3 is 9.84 Å². The molecule has 0 aliphatic carbocycles. The minimum atomic E-state index is -1.14. The van der Waals surface area contributed by atoms with Crippen LogP contribution in [0.25, 0.3) is 0 Å². The Labute approximate surface area is 113 Å². The molecule has 0 saturated carbocycles. The summed E-state index contributed by atoms with van der Waals surface area (Å²) in [5.41, 5.74) is -0.932. The van der Waals surface area contributed by atoms with E-state index >= 15 is 0 Å². The molecular formula is C7H15KO2Si. The van der Waals surface area contributed by atoms with Gasteiger partial charge in [-0.05, 0) is 18.3 Å². The van der Waals surface area contributed by atoms with Crippen molar-refractivity contribution in [2.45, 2.75) is 37.8 Å². The average molecular weight is 198 g/mol. The van der Waals surface area contributed by atoms with Crippen LogP contribution < -0.4 is 56.5 Å². The first-order chi connectivity index (χ1) is 4.65. The molecule has 1 unspecified atom stereocenters. The molecule has 0 N–H and O–H groups in total. The molecule has 0 aromatic heterocycles. The van der Waals surface area contributed by atoms with Crippen LogP contribution in [0.5, 0.6) is 0 Å². The molecule has 1 aliphatic rings. The molecule has 2 nitrogen and oxygen atoms in total. The zero-order valence-electron chi connectivity index (χ0n) is 7.72. The van der Waals surface area contributed by atoms with Crippen molar-refractivity contribution < 1.29 is 61.2 Å². The molecular weight excluding hydrogens is 183 g/mol. The Bertz CT molecular complexity index is 113. The fourth-order valence-electron chi connectivity index (χ4n) is 1.25. The van der Waals surface area contributed by atoms with Gasteiger partial charge in [0.25, 0.3) is 0 Å². The van der Waals surface area contributed by atoms with E-state index in [-0.39, 0.29) is 51.4 Å². The van der Waals surface area contributed by atoms with E-state index in [0.29, 0.717) is 6.61 Å². The Morgan fingerprint density at radius 3 is 2.27 bits per heavy atom. The monoisotopic (exact) mass is 198 g/mol. The molecule has 60 valence electrons. The summed E-state index contributed by atoms with van der Waals surface area (Å²) in [6, 6.07) is 0. The molecule has 0 aromatic carbocycles. The Morgan fingerprint density at radius 2 is 2.00 bits per heavy atom. The van der Waals surface area contributed by atoms with Crippen LogP contribution in [-0.4, -0.2) is 20.8 Å². The van der Waals surface area contributed by atoms with Crippen LogP contribution in [-0.2, 0) is 4.74 Å². The summed E-state index contributed by atoms with van der Waals surface area (Å²) in [6.45, 7) is 4.82. The van der Waals surface area contributed by atoms with Crippen molar-refractivity contribution in [1.29, 1.82) is 0 Å². The van der Waals surface area contributed by atoms with Crippen molar-refractivity contribution in [3.63, 3.8) is 0 Å². The third kappa shape index (κ3) is 3.56. The standard InChI is InChI=1S/C7H15O2Si.K/c1-10(2)7(8)5-3-4-6-9-7;/h10H,3-6H2,1-2H3;/q-1;+1. The molecule has 0 spiro atoms. The van der Waals surface area contributed by atoms with Crippen LogP contribution in [0.3, 0.4) is 0 Å². The van der Waals surface area contributed by atoms with Gasteiger partial charge >= 0.3 is 51.4 Å². The van der Waals surface area contributed by atoms with Crippen LogP contribution in [0.1, 0.15) is 19.3 Å². The zero-order chi connectivity index (χ0) is 7.61. The van der Waals surface area contributed by atoms with E-state index in [1.54, 1.807) is 0 Å². The second-order valence-corrected chi connectivity index (χ2v) is 6.46. The third-order valence-electron chi connectivity index (χ3n) is 2.15. The molecule has 11 heavy (non-hydrogen) atoms. The maximum Gasteiger partial charge on any atom is 1.00 e. The number of ether oxygens (including phenoxy) is 1.